The minimum Gasteiger partial charge on any atom is -0.504 e. The second-order valence-electron chi connectivity index (χ2n) is 14.7. The summed E-state index contributed by atoms with van der Waals surface area (Å²) in [4.78, 5) is 58.9. The van der Waals surface area contributed by atoms with Crippen molar-refractivity contribution in [3.05, 3.63) is 94.4 Å². The molecule has 4 aromatic rings. The number of alkyl halides is 3. The van der Waals surface area contributed by atoms with Crippen LogP contribution in [0.2, 0.25) is 0 Å². The summed E-state index contributed by atoms with van der Waals surface area (Å²) in [6.45, 7) is 6.84. The molecule has 0 saturated heterocycles. The Morgan fingerprint density at radius 1 is 0.947 bits per heavy atom. The Bertz CT molecular complexity index is 2120. The van der Waals surface area contributed by atoms with Crippen LogP contribution in [0.4, 0.5) is 17.6 Å². The Balaban J connectivity index is 1.48. The molecular formula is C42H48F4N4O7. The van der Waals surface area contributed by atoms with Gasteiger partial charge in [-0.3, -0.25) is 14.4 Å². The highest BCUT2D eigenvalue weighted by Gasteiger charge is 2.47. The molecule has 11 nitrogen and oxygen atoms in total. The van der Waals surface area contributed by atoms with Crippen LogP contribution in [0, 0.1) is 17.7 Å². The molecule has 1 aliphatic carbocycles. The van der Waals surface area contributed by atoms with Crippen molar-refractivity contribution in [1.82, 2.24) is 20.9 Å². The number of carbonyl (C=O) groups excluding carboxylic acids is 4. The summed E-state index contributed by atoms with van der Waals surface area (Å²) < 4.78 is 67.4. The number of methoxy groups -OCH3 is 1. The Labute approximate surface area is 327 Å². The molecule has 1 aromatic heterocycles. The van der Waals surface area contributed by atoms with Gasteiger partial charge in [-0.05, 0) is 65.6 Å². The molecule has 1 aliphatic rings. The number of hydrogen-bond donors (Lipinski definition) is 5. The maximum absolute atomic E-state index is 14.7. The summed E-state index contributed by atoms with van der Waals surface area (Å²) in [6, 6.07) is 11.6. The van der Waals surface area contributed by atoms with E-state index in [0.29, 0.717) is 29.7 Å². The molecule has 1 heterocycles. The standard InChI is InChI=1S/C42H48F4N4O7/c1-6-23(3)35(48-34(52)20-26-11-8-9-14-30(26)43)38(53)50-41(18-17-31-28(21-41)27-12-10-13-29(37(27)47-31)42(44,45)46)40(55)49-36(24(4)7-2)39(54)57-22-25-15-16-33(56-5)32(51)19-25/h8-16,19,23-24,35-36,47,51H,6-7,17-18,20-22H2,1-5H3,(H,48,52)(H,49,55)(H,50,53)/t23?,24?,35-,36+,41+/m0/s1. The Kier molecular flexibility index (Phi) is 13.2. The molecule has 0 aliphatic heterocycles. The monoisotopic (exact) mass is 796 g/mol. The third kappa shape index (κ3) is 9.51. The zero-order chi connectivity index (χ0) is 41.7. The van der Waals surface area contributed by atoms with Crippen molar-refractivity contribution in [2.75, 3.05) is 7.11 Å². The fourth-order valence-electron chi connectivity index (χ4n) is 7.14. The van der Waals surface area contributed by atoms with E-state index in [2.05, 4.69) is 20.9 Å². The van der Waals surface area contributed by atoms with Crippen molar-refractivity contribution >= 4 is 34.6 Å². The number of nitrogens with one attached hydrogen (secondary N) is 4. The number of aryl methyl sites for hydroxylation is 1. The minimum absolute atomic E-state index is 0.0576. The number of carbonyl (C=O) groups is 4. The number of ether oxygens (including phenoxy) is 2. The van der Waals surface area contributed by atoms with Crippen molar-refractivity contribution in [1.29, 1.82) is 0 Å². The van der Waals surface area contributed by atoms with Gasteiger partial charge in [-0.15, -0.1) is 0 Å². The van der Waals surface area contributed by atoms with Crippen molar-refractivity contribution < 1.29 is 51.3 Å². The van der Waals surface area contributed by atoms with Crippen molar-refractivity contribution in [2.45, 2.75) is 96.6 Å². The first-order valence-corrected chi connectivity index (χ1v) is 18.9. The molecule has 0 bridgehead atoms. The molecule has 57 heavy (non-hydrogen) atoms. The van der Waals surface area contributed by atoms with Crippen LogP contribution in [0.15, 0.2) is 60.7 Å². The van der Waals surface area contributed by atoms with E-state index in [4.69, 9.17) is 9.47 Å². The fourth-order valence-corrected chi connectivity index (χ4v) is 7.14. The van der Waals surface area contributed by atoms with Crippen LogP contribution in [0.3, 0.4) is 0 Å². The lowest BCUT2D eigenvalue weighted by Gasteiger charge is -2.39. The summed E-state index contributed by atoms with van der Waals surface area (Å²) in [5.74, 6) is -4.38. The number of phenolic OH excluding ortho intramolecular Hbond substituents is 1. The average Bonchev–Trinajstić information content (AvgIpc) is 3.55. The van der Waals surface area contributed by atoms with E-state index in [1.807, 2.05) is 13.8 Å². The number of rotatable bonds is 15. The van der Waals surface area contributed by atoms with Gasteiger partial charge < -0.3 is 35.5 Å². The van der Waals surface area contributed by atoms with Crippen LogP contribution in [-0.4, -0.2) is 58.5 Å². The van der Waals surface area contributed by atoms with Gasteiger partial charge in [-0.2, -0.15) is 13.2 Å². The molecular weight excluding hydrogens is 748 g/mol. The first-order chi connectivity index (χ1) is 27.0. The van der Waals surface area contributed by atoms with Crippen LogP contribution in [0.25, 0.3) is 10.9 Å². The lowest BCUT2D eigenvalue weighted by atomic mass is 9.78. The topological polar surface area (TPSA) is 159 Å². The molecule has 2 unspecified atom stereocenters. The zero-order valence-electron chi connectivity index (χ0n) is 32.4. The van der Waals surface area contributed by atoms with Crippen LogP contribution in [-0.2, 0) is 56.0 Å². The second kappa shape index (κ2) is 17.7. The number of amides is 3. The van der Waals surface area contributed by atoms with E-state index in [-0.39, 0.29) is 60.3 Å². The van der Waals surface area contributed by atoms with Gasteiger partial charge in [0.05, 0.1) is 24.6 Å². The fraction of sp³-hybridized carbons (Fsp3) is 0.429. The highest BCUT2D eigenvalue weighted by Crippen LogP contribution is 2.40. The molecule has 5 atom stereocenters. The molecule has 15 heteroatoms. The number of aromatic nitrogens is 1. The average molecular weight is 797 g/mol. The number of hydrogen-bond acceptors (Lipinski definition) is 7. The van der Waals surface area contributed by atoms with Gasteiger partial charge in [0.15, 0.2) is 11.5 Å². The largest absolute Gasteiger partial charge is 0.504 e. The number of phenols is 1. The number of halogens is 4. The summed E-state index contributed by atoms with van der Waals surface area (Å²) in [5.41, 5.74) is -1.40. The highest BCUT2D eigenvalue weighted by atomic mass is 19.4. The van der Waals surface area contributed by atoms with Crippen molar-refractivity contribution in [3.63, 3.8) is 0 Å². The number of H-pyrrole nitrogens is 1. The van der Waals surface area contributed by atoms with E-state index in [0.717, 1.165) is 6.07 Å². The first kappa shape index (κ1) is 42.5. The lowest BCUT2D eigenvalue weighted by Crippen LogP contribution is -2.66. The zero-order valence-corrected chi connectivity index (χ0v) is 32.4. The molecule has 3 aromatic carbocycles. The van der Waals surface area contributed by atoms with E-state index in [1.54, 1.807) is 26.0 Å². The Morgan fingerprint density at radius 2 is 1.65 bits per heavy atom. The highest BCUT2D eigenvalue weighted by molar-refractivity contribution is 5.98. The van der Waals surface area contributed by atoms with Crippen LogP contribution >= 0.6 is 0 Å². The van der Waals surface area contributed by atoms with Crippen LogP contribution in [0.5, 0.6) is 11.5 Å². The normalized spacial score (nSPS) is 17.4. The number of para-hydroxylation sites is 1. The summed E-state index contributed by atoms with van der Waals surface area (Å²) in [6.07, 6.45) is -4.43. The molecule has 0 saturated carbocycles. The third-order valence-corrected chi connectivity index (χ3v) is 10.9. The third-order valence-electron chi connectivity index (χ3n) is 10.9. The SMILES string of the molecule is CCC(C)[C@H](NC(=O)Cc1ccccc1F)C(=O)N[C@]1(C(=O)N[C@@H](C(=O)OCc2ccc(OC)c(O)c2)C(C)CC)CCc2[nH]c3c(C(F)(F)F)cccc3c2C1. The Morgan fingerprint density at radius 3 is 2.30 bits per heavy atom. The second-order valence-corrected chi connectivity index (χ2v) is 14.7. The van der Waals surface area contributed by atoms with Crippen LogP contribution in [0.1, 0.15) is 74.9 Å². The smallest absolute Gasteiger partial charge is 0.418 e. The van der Waals surface area contributed by atoms with E-state index >= 15 is 0 Å². The van der Waals surface area contributed by atoms with Crippen LogP contribution < -0.4 is 20.7 Å². The van der Waals surface area contributed by atoms with Gasteiger partial charge in [0.25, 0.3) is 0 Å². The summed E-state index contributed by atoms with van der Waals surface area (Å²) >= 11 is 0. The van der Waals surface area contributed by atoms with E-state index < -0.39 is 70.7 Å². The number of benzene rings is 3. The number of fused-ring (bicyclic) bond motifs is 3. The lowest BCUT2D eigenvalue weighted by molar-refractivity contribution is -0.151. The molecule has 3 amide bonds. The predicted octanol–water partition coefficient (Wildman–Crippen LogP) is 6.43. The summed E-state index contributed by atoms with van der Waals surface area (Å²) in [7, 11) is 1.39. The minimum atomic E-state index is -4.67. The number of aromatic hydroxyl groups is 1. The van der Waals surface area contributed by atoms with Gasteiger partial charge in [-0.1, -0.05) is 76.9 Å². The van der Waals surface area contributed by atoms with E-state index in [1.165, 1.54) is 49.6 Å². The quantitative estimate of drug-likeness (QED) is 0.0685. The maximum Gasteiger partial charge on any atom is 0.418 e. The number of esters is 1. The summed E-state index contributed by atoms with van der Waals surface area (Å²) in [5, 5.41) is 18.8. The van der Waals surface area contributed by atoms with Crippen molar-refractivity contribution in [2.24, 2.45) is 11.8 Å². The van der Waals surface area contributed by atoms with Crippen molar-refractivity contribution in [3.8, 4) is 11.5 Å². The molecule has 5 N–H and O–H groups in total. The molecule has 306 valence electrons. The first-order valence-electron chi connectivity index (χ1n) is 18.9. The molecule has 0 radical (unpaired) electrons. The molecule has 0 spiro atoms. The van der Waals surface area contributed by atoms with Gasteiger partial charge >= 0.3 is 12.1 Å². The maximum atomic E-state index is 14.7. The van der Waals surface area contributed by atoms with Gasteiger partial charge in [0, 0.05) is 17.5 Å². The molecule has 5 rings (SSSR count). The number of aromatic amines is 1. The molecule has 0 fully saturated rings. The Hall–Kier alpha value is -5.60. The van der Waals surface area contributed by atoms with E-state index in [9.17, 15) is 41.8 Å². The van der Waals surface area contributed by atoms with Gasteiger partial charge in [0.2, 0.25) is 17.7 Å². The van der Waals surface area contributed by atoms with Gasteiger partial charge in [0.1, 0.15) is 30.0 Å². The van der Waals surface area contributed by atoms with Gasteiger partial charge in [-0.25, -0.2) is 9.18 Å². The predicted molar refractivity (Wildman–Crippen MR) is 204 cm³/mol.